The van der Waals surface area contributed by atoms with Crippen LogP contribution in [0.1, 0.15) is 24.2 Å². The molecule has 20 heavy (non-hydrogen) atoms. The van der Waals surface area contributed by atoms with E-state index in [2.05, 4.69) is 0 Å². The molecule has 0 unspecified atom stereocenters. The van der Waals surface area contributed by atoms with Crippen LogP contribution < -0.4 is 0 Å². The zero-order chi connectivity index (χ0) is 14.5. The van der Waals surface area contributed by atoms with Crippen molar-refractivity contribution in [2.45, 2.75) is 13.0 Å². The first kappa shape index (κ1) is 14.5. The van der Waals surface area contributed by atoms with Crippen LogP contribution in [0, 0.1) is 0 Å². The molecule has 0 amide bonds. The van der Waals surface area contributed by atoms with Crippen molar-refractivity contribution in [3.63, 3.8) is 0 Å². The number of ketones is 1. The summed E-state index contributed by atoms with van der Waals surface area (Å²) in [5, 5.41) is 10.9. The number of rotatable bonds is 4. The molecule has 0 radical (unpaired) electrons. The molecule has 0 aliphatic carbocycles. The third-order valence-electron chi connectivity index (χ3n) is 3.02. The van der Waals surface area contributed by atoms with Crippen molar-refractivity contribution in [3.8, 4) is 0 Å². The molecule has 0 bridgehead atoms. The molecule has 0 saturated heterocycles. The molecule has 1 atom stereocenters. The van der Waals surface area contributed by atoms with Gasteiger partial charge in [0.25, 0.3) is 0 Å². The van der Waals surface area contributed by atoms with Crippen molar-refractivity contribution in [3.05, 3.63) is 76.3 Å². The summed E-state index contributed by atoms with van der Waals surface area (Å²) in [6.07, 6.45) is 0.664. The molecular weight excluding hydrogens is 272 g/mol. The van der Waals surface area contributed by atoms with Crippen LogP contribution in [0.5, 0.6) is 0 Å². The number of carbonyl (C=O) groups is 1. The minimum absolute atomic E-state index is 0.179. The number of carbonyl (C=O) groups excluding carboxylic acids is 1. The summed E-state index contributed by atoms with van der Waals surface area (Å²) in [6.45, 7) is 1.44. The van der Waals surface area contributed by atoms with Gasteiger partial charge in [-0.3, -0.25) is 4.79 Å². The highest BCUT2D eigenvalue weighted by molar-refractivity contribution is 6.31. The second-order valence-corrected chi connectivity index (χ2v) is 4.90. The van der Waals surface area contributed by atoms with E-state index in [1.807, 2.05) is 30.3 Å². The SMILES string of the molecule is CC(=O)/C(=C\c1ccccc1)[C@@H](O)c1ccccc1Cl. The van der Waals surface area contributed by atoms with E-state index in [1.165, 1.54) is 6.92 Å². The van der Waals surface area contributed by atoms with Crippen LogP contribution in [-0.2, 0) is 4.79 Å². The Morgan fingerprint density at radius 3 is 2.30 bits per heavy atom. The highest BCUT2D eigenvalue weighted by atomic mass is 35.5. The lowest BCUT2D eigenvalue weighted by molar-refractivity contribution is -0.114. The Labute approximate surface area is 123 Å². The first-order chi connectivity index (χ1) is 9.59. The van der Waals surface area contributed by atoms with Gasteiger partial charge in [-0.05, 0) is 24.6 Å². The van der Waals surface area contributed by atoms with Crippen LogP contribution >= 0.6 is 11.6 Å². The summed E-state index contributed by atoms with van der Waals surface area (Å²) in [4.78, 5) is 11.8. The van der Waals surface area contributed by atoms with E-state index < -0.39 is 6.10 Å². The minimum Gasteiger partial charge on any atom is -0.383 e. The molecule has 2 nitrogen and oxygen atoms in total. The number of aliphatic hydroxyl groups is 1. The van der Waals surface area contributed by atoms with Crippen molar-refractivity contribution < 1.29 is 9.90 Å². The Bertz CT molecular complexity index is 632. The molecule has 0 aliphatic rings. The van der Waals surface area contributed by atoms with Gasteiger partial charge in [-0.1, -0.05) is 60.1 Å². The predicted octanol–water partition coefficient (Wildman–Crippen LogP) is 4.05. The number of benzene rings is 2. The van der Waals surface area contributed by atoms with Gasteiger partial charge in [0, 0.05) is 16.2 Å². The van der Waals surface area contributed by atoms with Gasteiger partial charge in [-0.25, -0.2) is 0 Å². The van der Waals surface area contributed by atoms with Crippen LogP contribution in [0.4, 0.5) is 0 Å². The van der Waals surface area contributed by atoms with E-state index in [1.54, 1.807) is 30.3 Å². The summed E-state index contributed by atoms with van der Waals surface area (Å²) >= 11 is 6.07. The third kappa shape index (κ3) is 3.35. The zero-order valence-electron chi connectivity index (χ0n) is 11.1. The smallest absolute Gasteiger partial charge is 0.158 e. The Hall–Kier alpha value is -1.90. The fraction of sp³-hybridized carbons (Fsp3) is 0.118. The monoisotopic (exact) mass is 286 g/mol. The van der Waals surface area contributed by atoms with E-state index >= 15 is 0 Å². The fourth-order valence-corrected chi connectivity index (χ4v) is 2.21. The molecule has 0 fully saturated rings. The van der Waals surface area contributed by atoms with Crippen LogP contribution in [0.2, 0.25) is 5.02 Å². The van der Waals surface area contributed by atoms with E-state index in [0.717, 1.165) is 5.56 Å². The van der Waals surface area contributed by atoms with Gasteiger partial charge < -0.3 is 5.11 Å². The first-order valence-corrected chi connectivity index (χ1v) is 6.67. The van der Waals surface area contributed by atoms with Crippen LogP contribution in [-0.4, -0.2) is 10.9 Å². The topological polar surface area (TPSA) is 37.3 Å². The van der Waals surface area contributed by atoms with Crippen molar-refractivity contribution in [2.24, 2.45) is 0 Å². The average Bonchev–Trinajstić information content (AvgIpc) is 2.45. The lowest BCUT2D eigenvalue weighted by Crippen LogP contribution is -2.09. The van der Waals surface area contributed by atoms with Gasteiger partial charge >= 0.3 is 0 Å². The fourth-order valence-electron chi connectivity index (χ4n) is 1.97. The van der Waals surface area contributed by atoms with Gasteiger partial charge in [0.1, 0.15) is 6.10 Å². The van der Waals surface area contributed by atoms with Crippen molar-refractivity contribution in [2.75, 3.05) is 0 Å². The second-order valence-electron chi connectivity index (χ2n) is 4.49. The highest BCUT2D eigenvalue weighted by Crippen LogP contribution is 2.29. The van der Waals surface area contributed by atoms with Gasteiger partial charge in [0.2, 0.25) is 0 Å². The normalized spacial score (nSPS) is 13.1. The van der Waals surface area contributed by atoms with Gasteiger partial charge in [0.05, 0.1) is 0 Å². The summed E-state index contributed by atoms with van der Waals surface area (Å²) < 4.78 is 0. The van der Waals surface area contributed by atoms with Crippen molar-refractivity contribution in [1.82, 2.24) is 0 Å². The Balaban J connectivity index is 2.42. The van der Waals surface area contributed by atoms with Crippen LogP contribution in [0.25, 0.3) is 6.08 Å². The van der Waals surface area contributed by atoms with Crippen LogP contribution in [0.15, 0.2) is 60.2 Å². The molecule has 0 aromatic heterocycles. The standard InChI is InChI=1S/C17H15ClO2/c1-12(19)15(11-13-7-3-2-4-8-13)17(20)14-9-5-6-10-16(14)18/h2-11,17,20H,1H3/b15-11+/t17-/m0/s1. The summed E-state index contributed by atoms with van der Waals surface area (Å²) in [7, 11) is 0. The predicted molar refractivity (Wildman–Crippen MR) is 81.5 cm³/mol. The summed E-state index contributed by atoms with van der Waals surface area (Å²) in [6, 6.07) is 16.4. The van der Waals surface area contributed by atoms with E-state index in [9.17, 15) is 9.90 Å². The van der Waals surface area contributed by atoms with E-state index in [-0.39, 0.29) is 5.78 Å². The Morgan fingerprint density at radius 2 is 1.70 bits per heavy atom. The summed E-state index contributed by atoms with van der Waals surface area (Å²) in [5.74, 6) is -0.179. The van der Waals surface area contributed by atoms with E-state index in [4.69, 9.17) is 11.6 Å². The van der Waals surface area contributed by atoms with Crippen molar-refractivity contribution in [1.29, 1.82) is 0 Å². The van der Waals surface area contributed by atoms with Crippen molar-refractivity contribution >= 4 is 23.5 Å². The lowest BCUT2D eigenvalue weighted by atomic mass is 9.96. The Kier molecular flexibility index (Phi) is 4.72. The quantitative estimate of drug-likeness (QED) is 0.861. The first-order valence-electron chi connectivity index (χ1n) is 6.29. The average molecular weight is 287 g/mol. The minimum atomic E-state index is -1.03. The number of hydrogen-bond donors (Lipinski definition) is 1. The largest absolute Gasteiger partial charge is 0.383 e. The third-order valence-corrected chi connectivity index (χ3v) is 3.37. The van der Waals surface area contributed by atoms with Gasteiger partial charge in [0.15, 0.2) is 5.78 Å². The molecule has 0 heterocycles. The molecule has 0 aliphatic heterocycles. The Morgan fingerprint density at radius 1 is 1.10 bits per heavy atom. The molecule has 2 aromatic carbocycles. The summed E-state index contributed by atoms with van der Waals surface area (Å²) in [5.41, 5.74) is 1.72. The molecule has 102 valence electrons. The highest BCUT2D eigenvalue weighted by Gasteiger charge is 2.19. The molecule has 3 heteroatoms. The maximum absolute atomic E-state index is 11.8. The van der Waals surface area contributed by atoms with Crippen LogP contribution in [0.3, 0.4) is 0 Å². The molecule has 0 spiro atoms. The number of hydrogen-bond acceptors (Lipinski definition) is 2. The molecular formula is C17H15ClO2. The molecule has 2 rings (SSSR count). The number of aliphatic hydroxyl groups excluding tert-OH is 1. The maximum Gasteiger partial charge on any atom is 0.158 e. The second kappa shape index (κ2) is 6.51. The number of halogens is 1. The zero-order valence-corrected chi connectivity index (χ0v) is 11.8. The number of Topliss-reactive ketones (excluding diaryl/α,β-unsaturated/α-hetero) is 1. The lowest BCUT2D eigenvalue weighted by Gasteiger charge is -2.14. The molecule has 1 N–H and O–H groups in total. The maximum atomic E-state index is 11.8. The van der Waals surface area contributed by atoms with Gasteiger partial charge in [-0.2, -0.15) is 0 Å². The van der Waals surface area contributed by atoms with E-state index in [0.29, 0.717) is 16.2 Å². The molecule has 0 saturated carbocycles. The molecule has 2 aromatic rings. The van der Waals surface area contributed by atoms with Gasteiger partial charge in [-0.15, -0.1) is 0 Å².